The highest BCUT2D eigenvalue weighted by Crippen LogP contribution is 2.27. The van der Waals surface area contributed by atoms with E-state index in [1.165, 1.54) is 4.90 Å². The standard InChI is InChI=1S/C14H17F3N2O/c15-11-6-5-10(12(16)13(11)17)14(20)19(8-2-7-18)9-3-1-4-9/h5-6,9H,1-4,7-8,18H2. The van der Waals surface area contributed by atoms with Crippen LogP contribution in [0.3, 0.4) is 0 Å². The number of benzene rings is 1. The lowest BCUT2D eigenvalue weighted by molar-refractivity contribution is 0.0572. The van der Waals surface area contributed by atoms with Gasteiger partial charge in [-0.15, -0.1) is 0 Å². The van der Waals surface area contributed by atoms with E-state index in [9.17, 15) is 18.0 Å². The maximum atomic E-state index is 13.7. The van der Waals surface area contributed by atoms with Crippen LogP contribution < -0.4 is 5.73 Å². The number of carbonyl (C=O) groups is 1. The Bertz CT molecular complexity index is 503. The zero-order valence-electron chi connectivity index (χ0n) is 11.0. The van der Waals surface area contributed by atoms with Crippen molar-refractivity contribution in [2.45, 2.75) is 31.7 Å². The van der Waals surface area contributed by atoms with Gasteiger partial charge in [-0.3, -0.25) is 4.79 Å². The molecule has 0 bridgehead atoms. The zero-order valence-corrected chi connectivity index (χ0v) is 11.0. The molecule has 20 heavy (non-hydrogen) atoms. The number of hydrogen-bond acceptors (Lipinski definition) is 2. The fourth-order valence-electron chi connectivity index (χ4n) is 2.26. The van der Waals surface area contributed by atoms with Crippen molar-refractivity contribution in [1.82, 2.24) is 4.90 Å². The van der Waals surface area contributed by atoms with E-state index in [2.05, 4.69) is 0 Å². The molecule has 1 aromatic rings. The molecule has 3 nitrogen and oxygen atoms in total. The van der Waals surface area contributed by atoms with E-state index in [1.807, 2.05) is 0 Å². The van der Waals surface area contributed by atoms with Gasteiger partial charge in [0.15, 0.2) is 17.5 Å². The Kier molecular flexibility index (Phi) is 4.65. The lowest BCUT2D eigenvalue weighted by atomic mass is 9.90. The highest BCUT2D eigenvalue weighted by atomic mass is 19.2. The van der Waals surface area contributed by atoms with Gasteiger partial charge in [-0.1, -0.05) is 0 Å². The fraction of sp³-hybridized carbons (Fsp3) is 0.500. The van der Waals surface area contributed by atoms with Gasteiger partial charge < -0.3 is 10.6 Å². The summed E-state index contributed by atoms with van der Waals surface area (Å²) in [7, 11) is 0. The van der Waals surface area contributed by atoms with Crippen LogP contribution in [0.2, 0.25) is 0 Å². The normalized spacial score (nSPS) is 15.0. The van der Waals surface area contributed by atoms with E-state index in [-0.39, 0.29) is 6.04 Å². The number of nitrogens with two attached hydrogens (primary N) is 1. The highest BCUT2D eigenvalue weighted by molar-refractivity contribution is 5.94. The lowest BCUT2D eigenvalue weighted by Gasteiger charge is -2.37. The van der Waals surface area contributed by atoms with Crippen LogP contribution in [0.4, 0.5) is 13.2 Å². The number of amides is 1. The summed E-state index contributed by atoms with van der Waals surface area (Å²) >= 11 is 0. The van der Waals surface area contributed by atoms with Crippen LogP contribution in [-0.4, -0.2) is 29.9 Å². The average Bonchev–Trinajstić information content (AvgIpc) is 2.38. The molecule has 0 unspecified atom stereocenters. The predicted molar refractivity (Wildman–Crippen MR) is 68.7 cm³/mol. The second kappa shape index (κ2) is 6.26. The van der Waals surface area contributed by atoms with Gasteiger partial charge in [0.2, 0.25) is 0 Å². The molecule has 0 radical (unpaired) electrons. The summed E-state index contributed by atoms with van der Waals surface area (Å²) in [4.78, 5) is 13.8. The summed E-state index contributed by atoms with van der Waals surface area (Å²) in [6.45, 7) is 0.815. The quantitative estimate of drug-likeness (QED) is 0.845. The van der Waals surface area contributed by atoms with Crippen molar-refractivity contribution in [3.8, 4) is 0 Å². The molecule has 0 saturated heterocycles. The Morgan fingerprint density at radius 2 is 1.95 bits per heavy atom. The largest absolute Gasteiger partial charge is 0.336 e. The lowest BCUT2D eigenvalue weighted by Crippen LogP contribution is -2.45. The van der Waals surface area contributed by atoms with E-state index in [0.717, 1.165) is 31.4 Å². The van der Waals surface area contributed by atoms with Crippen molar-refractivity contribution >= 4 is 5.91 Å². The van der Waals surface area contributed by atoms with Crippen LogP contribution in [0, 0.1) is 17.5 Å². The second-order valence-electron chi connectivity index (χ2n) is 4.95. The summed E-state index contributed by atoms with van der Waals surface area (Å²) in [6.07, 6.45) is 3.30. The Morgan fingerprint density at radius 3 is 2.50 bits per heavy atom. The number of hydrogen-bond donors (Lipinski definition) is 1. The number of carbonyl (C=O) groups excluding carboxylic acids is 1. The average molecular weight is 286 g/mol. The van der Waals surface area contributed by atoms with Gasteiger partial charge in [0, 0.05) is 12.6 Å². The number of rotatable bonds is 5. The molecule has 1 saturated carbocycles. The van der Waals surface area contributed by atoms with Crippen molar-refractivity contribution in [2.75, 3.05) is 13.1 Å². The van der Waals surface area contributed by atoms with Gasteiger partial charge in [-0.25, -0.2) is 13.2 Å². The molecule has 1 fully saturated rings. The molecule has 1 aliphatic carbocycles. The highest BCUT2D eigenvalue weighted by Gasteiger charge is 2.31. The molecule has 2 rings (SSSR count). The Labute approximate surface area is 115 Å². The third-order valence-corrected chi connectivity index (χ3v) is 3.65. The molecule has 0 atom stereocenters. The van der Waals surface area contributed by atoms with Gasteiger partial charge in [0.1, 0.15) is 0 Å². The van der Waals surface area contributed by atoms with Crippen molar-refractivity contribution in [3.63, 3.8) is 0 Å². The first-order valence-corrected chi connectivity index (χ1v) is 6.70. The minimum Gasteiger partial charge on any atom is -0.336 e. The summed E-state index contributed by atoms with van der Waals surface area (Å²) in [6, 6.07) is 1.80. The molecule has 1 aromatic carbocycles. The molecule has 0 aromatic heterocycles. The molecular weight excluding hydrogens is 269 g/mol. The molecule has 6 heteroatoms. The van der Waals surface area contributed by atoms with E-state index in [4.69, 9.17) is 5.73 Å². The van der Waals surface area contributed by atoms with Crippen LogP contribution in [0.1, 0.15) is 36.0 Å². The molecule has 0 spiro atoms. The minimum absolute atomic E-state index is 0.0431. The molecule has 1 amide bonds. The number of halogens is 3. The third-order valence-electron chi connectivity index (χ3n) is 3.65. The minimum atomic E-state index is -1.61. The molecule has 1 aliphatic rings. The van der Waals surface area contributed by atoms with Crippen LogP contribution in [0.25, 0.3) is 0 Å². The molecular formula is C14H17F3N2O. The van der Waals surface area contributed by atoms with Crippen LogP contribution in [-0.2, 0) is 0 Å². The third kappa shape index (κ3) is 2.80. The maximum absolute atomic E-state index is 13.7. The second-order valence-corrected chi connectivity index (χ2v) is 4.95. The first kappa shape index (κ1) is 14.8. The first-order chi connectivity index (χ1) is 9.56. The van der Waals surface area contributed by atoms with Gasteiger partial charge in [-0.05, 0) is 44.4 Å². The van der Waals surface area contributed by atoms with Crippen LogP contribution >= 0.6 is 0 Å². The van der Waals surface area contributed by atoms with Crippen LogP contribution in [0.5, 0.6) is 0 Å². The molecule has 110 valence electrons. The number of nitrogens with zero attached hydrogens (tertiary/aromatic N) is 1. The van der Waals surface area contributed by atoms with Gasteiger partial charge >= 0.3 is 0 Å². The van der Waals surface area contributed by atoms with Gasteiger partial charge in [-0.2, -0.15) is 0 Å². The molecule has 2 N–H and O–H groups in total. The zero-order chi connectivity index (χ0) is 14.7. The summed E-state index contributed by atoms with van der Waals surface area (Å²) in [5.41, 5.74) is 5.00. The van der Waals surface area contributed by atoms with E-state index in [0.29, 0.717) is 19.5 Å². The SMILES string of the molecule is NCCCN(C(=O)c1ccc(F)c(F)c1F)C1CCC1. The Balaban J connectivity index is 2.24. The summed E-state index contributed by atoms with van der Waals surface area (Å²) < 4.78 is 39.8. The van der Waals surface area contributed by atoms with E-state index >= 15 is 0 Å². The van der Waals surface area contributed by atoms with E-state index < -0.39 is 28.9 Å². The van der Waals surface area contributed by atoms with Crippen LogP contribution in [0.15, 0.2) is 12.1 Å². The molecule has 0 aliphatic heterocycles. The van der Waals surface area contributed by atoms with E-state index in [1.54, 1.807) is 0 Å². The summed E-state index contributed by atoms with van der Waals surface area (Å²) in [5, 5.41) is 0. The van der Waals surface area contributed by atoms with Crippen molar-refractivity contribution in [1.29, 1.82) is 0 Å². The van der Waals surface area contributed by atoms with Crippen molar-refractivity contribution < 1.29 is 18.0 Å². The monoisotopic (exact) mass is 286 g/mol. The van der Waals surface area contributed by atoms with Crippen molar-refractivity contribution in [3.05, 3.63) is 35.1 Å². The summed E-state index contributed by atoms with van der Waals surface area (Å²) in [5.74, 6) is -4.92. The Morgan fingerprint density at radius 1 is 1.25 bits per heavy atom. The maximum Gasteiger partial charge on any atom is 0.257 e. The predicted octanol–water partition coefficient (Wildman–Crippen LogP) is 2.45. The smallest absolute Gasteiger partial charge is 0.257 e. The fourth-order valence-corrected chi connectivity index (χ4v) is 2.26. The van der Waals surface area contributed by atoms with Crippen molar-refractivity contribution in [2.24, 2.45) is 5.73 Å². The first-order valence-electron chi connectivity index (χ1n) is 6.70. The van der Waals surface area contributed by atoms with Gasteiger partial charge in [0.05, 0.1) is 5.56 Å². The molecule has 0 heterocycles. The van der Waals surface area contributed by atoms with Gasteiger partial charge in [0.25, 0.3) is 5.91 Å². The topological polar surface area (TPSA) is 46.3 Å². The Hall–Kier alpha value is -1.56.